The van der Waals surface area contributed by atoms with E-state index in [1.54, 1.807) is 20.8 Å². The van der Waals surface area contributed by atoms with Crippen molar-refractivity contribution in [2.24, 2.45) is 0 Å². The molecule has 0 aliphatic carbocycles. The Bertz CT molecular complexity index is 1090. The third kappa shape index (κ3) is 6.69. The molecule has 1 N–H and O–H groups in total. The van der Waals surface area contributed by atoms with Crippen LogP contribution in [0.5, 0.6) is 0 Å². The van der Waals surface area contributed by atoms with Crippen LogP contribution in [0.25, 0.3) is 10.1 Å². The topological polar surface area (TPSA) is 76.1 Å². The van der Waals surface area contributed by atoms with Crippen LogP contribution in [0.4, 0.5) is 32.4 Å². The lowest BCUT2D eigenvalue weighted by molar-refractivity contribution is -0.135. The third-order valence-corrected chi connectivity index (χ3v) is 8.39. The Morgan fingerprint density at radius 1 is 1.21 bits per heavy atom. The van der Waals surface area contributed by atoms with Gasteiger partial charge in [0, 0.05) is 22.8 Å². The van der Waals surface area contributed by atoms with Crippen molar-refractivity contribution in [3.8, 4) is 0 Å². The molecule has 2 aromatic rings. The standard InChI is InChI=1S/C20H24BrF5NO5PS/c1-5-31-33(29,30)20(25,26)16-14(21)12-8-6-9-13(15(12)34-16)27(11-7-10-19(22,23)24)17(28)32-18(2,3)4/h6,8-9H,5,7,10-11H2,1-4H3,(H,29,30). The van der Waals surface area contributed by atoms with Crippen molar-refractivity contribution in [2.45, 2.75) is 58.0 Å². The van der Waals surface area contributed by atoms with Gasteiger partial charge in [0.05, 0.1) is 17.0 Å². The molecule has 1 unspecified atom stereocenters. The molecule has 1 aromatic heterocycles. The monoisotopic (exact) mass is 595 g/mol. The van der Waals surface area contributed by atoms with Gasteiger partial charge in [-0.3, -0.25) is 9.46 Å². The van der Waals surface area contributed by atoms with Crippen LogP contribution in [0.2, 0.25) is 0 Å². The summed E-state index contributed by atoms with van der Waals surface area (Å²) in [6.45, 7) is 5.19. The fourth-order valence-electron chi connectivity index (χ4n) is 2.93. The van der Waals surface area contributed by atoms with Gasteiger partial charge in [0.2, 0.25) is 0 Å². The molecule has 0 radical (unpaired) electrons. The van der Waals surface area contributed by atoms with Gasteiger partial charge in [-0.2, -0.15) is 22.0 Å². The van der Waals surface area contributed by atoms with E-state index in [0.717, 1.165) is 4.90 Å². The Balaban J connectivity index is 2.62. The highest BCUT2D eigenvalue weighted by molar-refractivity contribution is 9.10. The molecular formula is C20H24BrF5NO5PS. The lowest BCUT2D eigenvalue weighted by Gasteiger charge is -2.28. The average Bonchev–Trinajstić information content (AvgIpc) is 3.00. The summed E-state index contributed by atoms with van der Waals surface area (Å²) in [5.74, 6) is 0. The van der Waals surface area contributed by atoms with Crippen molar-refractivity contribution in [1.29, 1.82) is 0 Å². The zero-order valence-corrected chi connectivity index (χ0v) is 22.0. The molecule has 1 amide bonds. The summed E-state index contributed by atoms with van der Waals surface area (Å²) in [5.41, 5.74) is -5.22. The van der Waals surface area contributed by atoms with E-state index in [2.05, 4.69) is 20.5 Å². The first-order valence-corrected chi connectivity index (χ1v) is 13.2. The molecule has 0 aliphatic heterocycles. The molecular weight excluding hydrogens is 572 g/mol. The van der Waals surface area contributed by atoms with Crippen LogP contribution in [-0.4, -0.2) is 35.9 Å². The number of alkyl halides is 5. The summed E-state index contributed by atoms with van der Waals surface area (Å²) < 4.78 is 89.9. The van der Waals surface area contributed by atoms with E-state index in [9.17, 15) is 36.2 Å². The van der Waals surface area contributed by atoms with Crippen LogP contribution in [0, 0.1) is 0 Å². The average molecular weight is 596 g/mol. The fraction of sp³-hybridized carbons (Fsp3) is 0.550. The van der Waals surface area contributed by atoms with E-state index in [0.29, 0.717) is 11.3 Å². The summed E-state index contributed by atoms with van der Waals surface area (Å²) >= 11 is 3.47. The number of amides is 1. The second-order valence-electron chi connectivity index (χ2n) is 8.23. The minimum Gasteiger partial charge on any atom is -0.443 e. The molecule has 0 spiro atoms. The van der Waals surface area contributed by atoms with Gasteiger partial charge in [0.25, 0.3) is 0 Å². The maximum absolute atomic E-state index is 15.0. The predicted molar refractivity (Wildman–Crippen MR) is 124 cm³/mol. The first-order chi connectivity index (χ1) is 15.4. The molecule has 1 atom stereocenters. The van der Waals surface area contributed by atoms with Gasteiger partial charge < -0.3 is 14.2 Å². The second kappa shape index (κ2) is 10.4. The molecule has 0 saturated heterocycles. The van der Waals surface area contributed by atoms with Crippen molar-refractivity contribution in [3.05, 3.63) is 27.5 Å². The van der Waals surface area contributed by atoms with Gasteiger partial charge in [-0.25, -0.2) is 4.79 Å². The summed E-state index contributed by atoms with van der Waals surface area (Å²) in [6.07, 6.45) is -7.02. The van der Waals surface area contributed by atoms with Crippen LogP contribution in [0.15, 0.2) is 22.7 Å². The van der Waals surface area contributed by atoms with E-state index < -0.39 is 62.0 Å². The summed E-state index contributed by atoms with van der Waals surface area (Å²) in [7, 11) is -5.40. The van der Waals surface area contributed by atoms with Crippen LogP contribution >= 0.6 is 34.9 Å². The molecule has 14 heteroatoms. The maximum Gasteiger partial charge on any atom is 0.414 e. The Morgan fingerprint density at radius 3 is 2.35 bits per heavy atom. The SMILES string of the molecule is CCOP(=O)(O)C(F)(F)c1sc2c(N(CCCC(F)(F)F)C(=O)OC(C)(C)C)cccc2c1Br. The first kappa shape index (κ1) is 29.0. The number of hydrogen-bond acceptors (Lipinski definition) is 5. The first-order valence-electron chi connectivity index (χ1n) is 10.1. The van der Waals surface area contributed by atoms with Gasteiger partial charge in [-0.15, -0.1) is 11.3 Å². The lowest BCUT2D eigenvalue weighted by atomic mass is 10.2. The minimum atomic E-state index is -5.40. The van der Waals surface area contributed by atoms with Gasteiger partial charge >= 0.3 is 25.5 Å². The highest BCUT2D eigenvalue weighted by atomic mass is 79.9. The molecule has 1 aromatic carbocycles. The van der Waals surface area contributed by atoms with Crippen molar-refractivity contribution < 1.29 is 45.5 Å². The molecule has 0 saturated carbocycles. The normalized spacial score (nSPS) is 14.8. The highest BCUT2D eigenvalue weighted by Gasteiger charge is 2.55. The number of anilines is 1. The number of benzene rings is 1. The number of ether oxygens (including phenoxy) is 1. The minimum absolute atomic E-state index is 0.0332. The molecule has 6 nitrogen and oxygen atoms in total. The summed E-state index contributed by atoms with van der Waals surface area (Å²) in [6, 6.07) is 4.25. The summed E-state index contributed by atoms with van der Waals surface area (Å²) in [4.78, 5) is 22.8. The molecule has 192 valence electrons. The van der Waals surface area contributed by atoms with Crippen LogP contribution < -0.4 is 4.90 Å². The van der Waals surface area contributed by atoms with Crippen molar-refractivity contribution >= 4 is 56.7 Å². The lowest BCUT2D eigenvalue weighted by Crippen LogP contribution is -2.38. The number of carbonyl (C=O) groups is 1. The Morgan fingerprint density at radius 2 is 1.82 bits per heavy atom. The Hall–Kier alpha value is -1.27. The molecule has 0 fully saturated rings. The smallest absolute Gasteiger partial charge is 0.414 e. The Kier molecular flexibility index (Phi) is 8.84. The number of halogens is 6. The maximum atomic E-state index is 15.0. The second-order valence-corrected chi connectivity index (χ2v) is 11.9. The van der Waals surface area contributed by atoms with Crippen molar-refractivity contribution in [3.63, 3.8) is 0 Å². The number of carbonyl (C=O) groups excluding carboxylic acids is 1. The predicted octanol–water partition coefficient (Wildman–Crippen LogP) is 8.02. The molecule has 34 heavy (non-hydrogen) atoms. The van der Waals surface area contributed by atoms with Crippen LogP contribution in [-0.2, 0) is 19.5 Å². The van der Waals surface area contributed by atoms with Gasteiger partial charge in [-0.05, 0) is 56.1 Å². The zero-order chi connectivity index (χ0) is 26.1. The molecule has 1 heterocycles. The molecule has 2 rings (SSSR count). The van der Waals surface area contributed by atoms with E-state index in [1.807, 2.05) is 0 Å². The van der Waals surface area contributed by atoms with Crippen LogP contribution in [0.3, 0.4) is 0 Å². The van der Waals surface area contributed by atoms with Gasteiger partial charge in [-0.1, -0.05) is 12.1 Å². The summed E-state index contributed by atoms with van der Waals surface area (Å²) in [5, 5.41) is 0.179. The largest absolute Gasteiger partial charge is 0.443 e. The fourth-order valence-corrected chi connectivity index (χ4v) is 6.49. The number of rotatable bonds is 8. The van der Waals surface area contributed by atoms with Crippen molar-refractivity contribution in [2.75, 3.05) is 18.1 Å². The van der Waals surface area contributed by atoms with E-state index in [1.165, 1.54) is 25.1 Å². The number of nitrogens with zero attached hydrogens (tertiary/aromatic N) is 1. The van der Waals surface area contributed by atoms with E-state index in [-0.39, 0.29) is 20.2 Å². The van der Waals surface area contributed by atoms with Crippen molar-refractivity contribution in [1.82, 2.24) is 0 Å². The molecule has 0 aliphatic rings. The number of fused-ring (bicyclic) bond motifs is 1. The zero-order valence-electron chi connectivity index (χ0n) is 18.7. The molecule has 0 bridgehead atoms. The number of hydrogen-bond donors (Lipinski definition) is 1. The van der Waals surface area contributed by atoms with E-state index in [4.69, 9.17) is 4.74 Å². The Labute approximate surface area is 205 Å². The third-order valence-electron chi connectivity index (χ3n) is 4.31. The van der Waals surface area contributed by atoms with E-state index >= 15 is 0 Å². The van der Waals surface area contributed by atoms with Crippen LogP contribution in [0.1, 0.15) is 45.4 Å². The quantitative estimate of drug-likeness (QED) is 0.247. The van der Waals surface area contributed by atoms with Gasteiger partial charge in [0.15, 0.2) is 0 Å². The highest BCUT2D eigenvalue weighted by Crippen LogP contribution is 2.66. The van der Waals surface area contributed by atoms with Gasteiger partial charge in [0.1, 0.15) is 10.5 Å². The number of thiophene rings is 1.